The highest BCUT2D eigenvalue weighted by Crippen LogP contribution is 2.16. The van der Waals surface area contributed by atoms with Crippen LogP contribution in [0.15, 0.2) is 0 Å². The monoisotopic (exact) mass is 809 g/mol. The number of carbonyl (C=O) groups is 4. The highest BCUT2D eigenvalue weighted by atomic mass is 16.5. The van der Waals surface area contributed by atoms with Crippen molar-refractivity contribution in [1.29, 1.82) is 0 Å². The summed E-state index contributed by atoms with van der Waals surface area (Å²) in [6.07, 6.45) is 32.8. The first kappa shape index (κ1) is 54.8. The zero-order valence-corrected chi connectivity index (χ0v) is 37.9. The summed E-state index contributed by atoms with van der Waals surface area (Å²) < 4.78 is 11.4. The topological polar surface area (TPSA) is 131 Å². The molecule has 0 aromatic carbocycles. The SMILES string of the molecule is CCCCCCCCC(OCC(N)=O)C(=O)N(CCCCCCCC)CCCCCCCNC(=O)COCC(=O)N(CCCCCCCC)CCCCCCCC. The van der Waals surface area contributed by atoms with Crippen LogP contribution < -0.4 is 11.1 Å². The van der Waals surface area contributed by atoms with Crippen LogP contribution in [0.2, 0.25) is 0 Å². The molecule has 0 aliphatic carbocycles. The molecule has 1 atom stereocenters. The Kier molecular flexibility index (Phi) is 40.3. The number of ether oxygens (including phenoxy) is 2. The van der Waals surface area contributed by atoms with E-state index in [1.165, 1.54) is 96.3 Å². The standard InChI is InChI=1S/C47H92N4O6/c1-5-9-13-17-22-28-34-43(57-40-44(48)52)47(55)51(38-32-26-20-16-12-8-4)39-33-27-21-23-29-35-49-45(53)41-56-42-46(54)50(36-30-24-18-14-10-6-2)37-31-25-19-15-11-7-3/h43H,5-42H2,1-4H3,(H2,48,52)(H,49,53). The van der Waals surface area contributed by atoms with Gasteiger partial charge in [0.05, 0.1) is 0 Å². The summed E-state index contributed by atoms with van der Waals surface area (Å²) >= 11 is 0. The first-order chi connectivity index (χ1) is 27.8. The number of amides is 4. The van der Waals surface area contributed by atoms with E-state index in [9.17, 15) is 19.2 Å². The van der Waals surface area contributed by atoms with E-state index in [2.05, 4.69) is 33.0 Å². The van der Waals surface area contributed by atoms with E-state index in [4.69, 9.17) is 15.2 Å². The number of unbranched alkanes of at least 4 members (excludes halogenated alkanes) is 24. The molecule has 0 saturated carbocycles. The maximum absolute atomic E-state index is 13.7. The zero-order valence-electron chi connectivity index (χ0n) is 37.9. The van der Waals surface area contributed by atoms with Crippen molar-refractivity contribution in [3.63, 3.8) is 0 Å². The minimum atomic E-state index is -0.622. The molecule has 4 amide bonds. The minimum absolute atomic E-state index is 0.00619. The van der Waals surface area contributed by atoms with Crippen LogP contribution in [0, 0.1) is 0 Å². The predicted molar refractivity (Wildman–Crippen MR) is 237 cm³/mol. The average Bonchev–Trinajstić information content (AvgIpc) is 3.20. The first-order valence-electron chi connectivity index (χ1n) is 24.1. The van der Waals surface area contributed by atoms with Crippen LogP contribution in [-0.2, 0) is 28.7 Å². The Hall–Kier alpha value is -2.20. The van der Waals surface area contributed by atoms with Crippen LogP contribution in [-0.4, -0.2) is 92.1 Å². The van der Waals surface area contributed by atoms with Gasteiger partial charge in [0.1, 0.15) is 25.9 Å². The number of nitrogens with one attached hydrogen (secondary N) is 1. The summed E-state index contributed by atoms with van der Waals surface area (Å²) in [4.78, 5) is 54.7. The molecule has 0 spiro atoms. The number of rotatable bonds is 44. The van der Waals surface area contributed by atoms with Gasteiger partial charge in [-0.05, 0) is 38.5 Å². The minimum Gasteiger partial charge on any atom is -0.368 e. The van der Waals surface area contributed by atoms with Gasteiger partial charge in [-0.25, -0.2) is 0 Å². The molecule has 0 saturated heterocycles. The summed E-state index contributed by atoms with van der Waals surface area (Å²) in [5, 5.41) is 2.94. The van der Waals surface area contributed by atoms with Crippen LogP contribution in [0.25, 0.3) is 0 Å². The Labute approximate surface area is 351 Å². The van der Waals surface area contributed by atoms with Gasteiger partial charge in [-0.3, -0.25) is 19.2 Å². The second kappa shape index (κ2) is 41.9. The van der Waals surface area contributed by atoms with Crippen molar-refractivity contribution in [2.75, 3.05) is 52.5 Å². The van der Waals surface area contributed by atoms with Gasteiger partial charge in [0.25, 0.3) is 5.91 Å². The molecule has 0 radical (unpaired) electrons. The van der Waals surface area contributed by atoms with E-state index >= 15 is 0 Å². The fourth-order valence-electron chi connectivity index (χ4n) is 7.28. The van der Waals surface area contributed by atoms with Crippen molar-refractivity contribution in [2.45, 2.75) is 226 Å². The van der Waals surface area contributed by atoms with E-state index in [0.717, 1.165) is 103 Å². The number of primary amides is 1. The summed E-state index contributed by atoms with van der Waals surface area (Å²) in [7, 11) is 0. The lowest BCUT2D eigenvalue weighted by atomic mass is 10.1. The number of hydrogen-bond donors (Lipinski definition) is 2. The molecule has 57 heavy (non-hydrogen) atoms. The second-order valence-corrected chi connectivity index (χ2v) is 16.4. The van der Waals surface area contributed by atoms with Crippen molar-refractivity contribution < 1.29 is 28.7 Å². The zero-order chi connectivity index (χ0) is 42.0. The lowest BCUT2D eigenvalue weighted by molar-refractivity contribution is -0.146. The predicted octanol–water partition coefficient (Wildman–Crippen LogP) is 10.4. The Morgan fingerprint density at radius 1 is 0.474 bits per heavy atom. The highest BCUT2D eigenvalue weighted by molar-refractivity contribution is 5.82. The third-order valence-corrected chi connectivity index (χ3v) is 10.9. The van der Waals surface area contributed by atoms with Gasteiger partial charge in [-0.2, -0.15) is 0 Å². The number of nitrogens with zero attached hydrogens (tertiary/aromatic N) is 2. The number of hydrogen-bond acceptors (Lipinski definition) is 6. The third kappa shape index (κ3) is 35.5. The Morgan fingerprint density at radius 3 is 1.30 bits per heavy atom. The van der Waals surface area contributed by atoms with Gasteiger partial charge < -0.3 is 30.3 Å². The van der Waals surface area contributed by atoms with Gasteiger partial charge >= 0.3 is 0 Å². The van der Waals surface area contributed by atoms with Crippen LogP contribution in [0.5, 0.6) is 0 Å². The Morgan fingerprint density at radius 2 is 0.860 bits per heavy atom. The maximum Gasteiger partial charge on any atom is 0.251 e. The molecule has 0 aliphatic heterocycles. The molecule has 0 aromatic heterocycles. The molecule has 336 valence electrons. The quantitative estimate of drug-likeness (QED) is 0.0589. The molecule has 1 unspecified atom stereocenters. The van der Waals surface area contributed by atoms with Crippen LogP contribution in [0.1, 0.15) is 220 Å². The maximum atomic E-state index is 13.7. The molecule has 0 rings (SSSR count). The molecule has 10 heteroatoms. The fourth-order valence-corrected chi connectivity index (χ4v) is 7.28. The normalized spacial score (nSPS) is 11.8. The molecule has 0 aliphatic rings. The number of carbonyl (C=O) groups excluding carboxylic acids is 4. The van der Waals surface area contributed by atoms with Crippen molar-refractivity contribution in [3.05, 3.63) is 0 Å². The van der Waals surface area contributed by atoms with Gasteiger partial charge in [-0.1, -0.05) is 182 Å². The molecule has 0 bridgehead atoms. The van der Waals surface area contributed by atoms with Gasteiger partial charge in [0, 0.05) is 32.7 Å². The molecule has 3 N–H and O–H groups in total. The van der Waals surface area contributed by atoms with Crippen LogP contribution >= 0.6 is 0 Å². The van der Waals surface area contributed by atoms with Gasteiger partial charge in [0.15, 0.2) is 0 Å². The number of nitrogens with two attached hydrogens (primary N) is 1. The van der Waals surface area contributed by atoms with E-state index in [1.54, 1.807) is 0 Å². The van der Waals surface area contributed by atoms with E-state index in [0.29, 0.717) is 26.1 Å². The molecule has 0 aromatic rings. The van der Waals surface area contributed by atoms with Crippen molar-refractivity contribution >= 4 is 23.6 Å². The van der Waals surface area contributed by atoms with E-state index < -0.39 is 12.0 Å². The second-order valence-electron chi connectivity index (χ2n) is 16.4. The molecule has 0 heterocycles. The fraction of sp³-hybridized carbons (Fsp3) is 0.915. The first-order valence-corrected chi connectivity index (χ1v) is 24.1. The molecular weight excluding hydrogens is 717 g/mol. The Bertz CT molecular complexity index is 935. The van der Waals surface area contributed by atoms with Gasteiger partial charge in [-0.15, -0.1) is 0 Å². The average molecular weight is 809 g/mol. The van der Waals surface area contributed by atoms with Crippen molar-refractivity contribution in [3.8, 4) is 0 Å². The smallest absolute Gasteiger partial charge is 0.251 e. The summed E-state index contributed by atoms with van der Waals surface area (Å²) in [6, 6.07) is 0. The highest BCUT2D eigenvalue weighted by Gasteiger charge is 2.25. The van der Waals surface area contributed by atoms with E-state index in [-0.39, 0.29) is 37.5 Å². The summed E-state index contributed by atoms with van der Waals surface area (Å²) in [5.41, 5.74) is 5.39. The van der Waals surface area contributed by atoms with Crippen molar-refractivity contribution in [2.24, 2.45) is 5.73 Å². The van der Waals surface area contributed by atoms with Crippen LogP contribution in [0.4, 0.5) is 0 Å². The largest absolute Gasteiger partial charge is 0.368 e. The van der Waals surface area contributed by atoms with Gasteiger partial charge in [0.2, 0.25) is 17.7 Å². The Balaban J connectivity index is 4.65. The molecule has 0 fully saturated rings. The van der Waals surface area contributed by atoms with E-state index in [1.807, 2.05) is 9.80 Å². The summed E-state index contributed by atoms with van der Waals surface area (Å²) in [6.45, 7) is 12.0. The summed E-state index contributed by atoms with van der Waals surface area (Å²) in [5.74, 6) is -0.743. The molecule has 10 nitrogen and oxygen atoms in total. The lowest BCUT2D eigenvalue weighted by Gasteiger charge is -2.27. The van der Waals surface area contributed by atoms with Crippen LogP contribution in [0.3, 0.4) is 0 Å². The third-order valence-electron chi connectivity index (χ3n) is 10.9. The van der Waals surface area contributed by atoms with Crippen molar-refractivity contribution in [1.82, 2.24) is 15.1 Å². The molecular formula is C47H92N4O6. The lowest BCUT2D eigenvalue weighted by Crippen LogP contribution is -2.42.